The first-order chi connectivity index (χ1) is 15.2. The van der Waals surface area contributed by atoms with E-state index in [0.29, 0.717) is 46.6 Å². The molecule has 0 radical (unpaired) electrons. The largest absolute Gasteiger partial charge is 0.458 e. The number of ether oxygens (including phenoxy) is 2. The van der Waals surface area contributed by atoms with Gasteiger partial charge in [0.05, 0.1) is 11.1 Å². The van der Waals surface area contributed by atoms with Crippen molar-refractivity contribution in [2.45, 2.75) is 92.3 Å². The summed E-state index contributed by atoms with van der Waals surface area (Å²) in [5.74, 6) is 2.39. The molecule has 0 saturated heterocycles. The van der Waals surface area contributed by atoms with E-state index in [4.69, 9.17) is 9.47 Å². The third kappa shape index (κ3) is 6.14. The van der Waals surface area contributed by atoms with Crippen molar-refractivity contribution in [2.75, 3.05) is 0 Å². The summed E-state index contributed by atoms with van der Waals surface area (Å²) in [4.78, 5) is 25.6. The first kappa shape index (κ1) is 24.8. The van der Waals surface area contributed by atoms with Crippen LogP contribution < -0.4 is 0 Å². The monoisotopic (exact) mass is 442 g/mol. The predicted molar refractivity (Wildman–Crippen MR) is 128 cm³/mol. The van der Waals surface area contributed by atoms with E-state index in [1.807, 2.05) is 0 Å². The molecule has 2 aliphatic rings. The molecule has 1 aromatic rings. The molecule has 2 saturated carbocycles. The van der Waals surface area contributed by atoms with E-state index >= 15 is 0 Å². The first-order valence-corrected chi connectivity index (χ1v) is 12.7. The second-order valence-electron chi connectivity index (χ2n) is 11.1. The van der Waals surface area contributed by atoms with Crippen LogP contribution in [0, 0.1) is 35.5 Å². The molecule has 2 fully saturated rings. The highest BCUT2D eigenvalue weighted by Crippen LogP contribution is 2.37. The van der Waals surface area contributed by atoms with Gasteiger partial charge < -0.3 is 9.47 Å². The minimum Gasteiger partial charge on any atom is -0.458 e. The van der Waals surface area contributed by atoms with Crippen LogP contribution in [0.5, 0.6) is 0 Å². The van der Waals surface area contributed by atoms with E-state index in [-0.39, 0.29) is 24.1 Å². The quantitative estimate of drug-likeness (QED) is 0.449. The highest BCUT2D eigenvalue weighted by atomic mass is 16.5. The molecule has 2 aliphatic carbocycles. The minimum absolute atomic E-state index is 0.0304. The van der Waals surface area contributed by atoms with Gasteiger partial charge in [0, 0.05) is 0 Å². The average molecular weight is 443 g/mol. The Kier molecular flexibility index (Phi) is 8.41. The van der Waals surface area contributed by atoms with Crippen molar-refractivity contribution < 1.29 is 19.1 Å². The molecular weight excluding hydrogens is 400 g/mol. The molecule has 32 heavy (non-hydrogen) atoms. The lowest BCUT2D eigenvalue weighted by Crippen LogP contribution is -2.36. The van der Waals surface area contributed by atoms with Gasteiger partial charge in [-0.15, -0.1) is 0 Å². The van der Waals surface area contributed by atoms with Crippen molar-refractivity contribution in [1.29, 1.82) is 0 Å². The Morgan fingerprint density at radius 2 is 1.03 bits per heavy atom. The SMILES string of the molecule is CC(C)[C@@H]1CC[C@@H](C)C[C@H]1OC(=O)c1ccc(C(=O)O[C@@H]2C[C@H](C)CC[C@H]2C(C)C)cc1. The molecule has 3 rings (SSSR count). The van der Waals surface area contributed by atoms with Crippen LogP contribution in [0.1, 0.15) is 101 Å². The summed E-state index contributed by atoms with van der Waals surface area (Å²) >= 11 is 0. The topological polar surface area (TPSA) is 52.6 Å². The van der Waals surface area contributed by atoms with Crippen LogP contribution in [0.2, 0.25) is 0 Å². The van der Waals surface area contributed by atoms with Crippen molar-refractivity contribution >= 4 is 11.9 Å². The van der Waals surface area contributed by atoms with Crippen molar-refractivity contribution in [1.82, 2.24) is 0 Å². The van der Waals surface area contributed by atoms with Crippen LogP contribution >= 0.6 is 0 Å². The first-order valence-electron chi connectivity index (χ1n) is 12.7. The van der Waals surface area contributed by atoms with Gasteiger partial charge in [-0.3, -0.25) is 0 Å². The molecule has 0 aromatic heterocycles. The molecular formula is C28H42O4. The Morgan fingerprint density at radius 1 is 0.688 bits per heavy atom. The van der Waals surface area contributed by atoms with Crippen LogP contribution in [-0.4, -0.2) is 24.1 Å². The average Bonchev–Trinajstić information content (AvgIpc) is 2.73. The predicted octanol–water partition coefficient (Wildman–Crippen LogP) is 6.92. The minimum atomic E-state index is -0.296. The summed E-state index contributed by atoms with van der Waals surface area (Å²) in [6, 6.07) is 6.77. The third-order valence-electron chi connectivity index (χ3n) is 7.80. The molecule has 1 aromatic carbocycles. The summed E-state index contributed by atoms with van der Waals surface area (Å²) in [7, 11) is 0. The third-order valence-corrected chi connectivity index (χ3v) is 7.80. The van der Waals surface area contributed by atoms with Gasteiger partial charge >= 0.3 is 11.9 Å². The maximum absolute atomic E-state index is 12.8. The molecule has 0 heterocycles. The van der Waals surface area contributed by atoms with E-state index in [1.165, 1.54) is 12.8 Å². The Labute approximate surface area is 194 Å². The molecule has 178 valence electrons. The zero-order valence-electron chi connectivity index (χ0n) is 20.8. The Bertz CT molecular complexity index is 701. The normalized spacial score (nSPS) is 30.9. The van der Waals surface area contributed by atoms with Crippen molar-refractivity contribution in [3.05, 3.63) is 35.4 Å². The van der Waals surface area contributed by atoms with Gasteiger partial charge in [0.2, 0.25) is 0 Å². The van der Waals surface area contributed by atoms with Gasteiger partial charge in [-0.1, -0.05) is 54.4 Å². The molecule has 0 aliphatic heterocycles. The molecule has 0 bridgehead atoms. The summed E-state index contributed by atoms with van der Waals surface area (Å²) in [5, 5.41) is 0. The van der Waals surface area contributed by atoms with Gasteiger partial charge in [0.1, 0.15) is 12.2 Å². The number of rotatable bonds is 6. The van der Waals surface area contributed by atoms with Crippen LogP contribution in [0.3, 0.4) is 0 Å². The van der Waals surface area contributed by atoms with Crippen LogP contribution in [0.15, 0.2) is 24.3 Å². The van der Waals surface area contributed by atoms with Crippen molar-refractivity contribution in [3.63, 3.8) is 0 Å². The lowest BCUT2D eigenvalue weighted by molar-refractivity contribution is -0.0185. The molecule has 4 nitrogen and oxygen atoms in total. The zero-order valence-corrected chi connectivity index (χ0v) is 20.8. The highest BCUT2D eigenvalue weighted by Gasteiger charge is 2.35. The number of carbonyl (C=O) groups is 2. The lowest BCUT2D eigenvalue weighted by Gasteiger charge is -2.36. The highest BCUT2D eigenvalue weighted by molar-refractivity contribution is 5.93. The van der Waals surface area contributed by atoms with Crippen LogP contribution in [0.25, 0.3) is 0 Å². The molecule has 0 unspecified atom stereocenters. The summed E-state index contributed by atoms with van der Waals surface area (Å²) in [5.41, 5.74) is 0.988. The van der Waals surface area contributed by atoms with E-state index in [1.54, 1.807) is 24.3 Å². The number of benzene rings is 1. The molecule has 4 heteroatoms. The summed E-state index contributed by atoms with van der Waals surface area (Å²) in [6.45, 7) is 13.3. The molecule has 6 atom stereocenters. The fourth-order valence-electron chi connectivity index (χ4n) is 5.65. The summed E-state index contributed by atoms with van der Waals surface area (Å²) < 4.78 is 11.9. The lowest BCUT2D eigenvalue weighted by atomic mass is 9.75. The Hall–Kier alpha value is -1.84. The van der Waals surface area contributed by atoms with E-state index in [9.17, 15) is 9.59 Å². The van der Waals surface area contributed by atoms with E-state index in [2.05, 4.69) is 41.5 Å². The Balaban J connectivity index is 1.62. The van der Waals surface area contributed by atoms with Gasteiger partial charge in [-0.2, -0.15) is 0 Å². The van der Waals surface area contributed by atoms with Gasteiger partial charge in [0.25, 0.3) is 0 Å². The maximum atomic E-state index is 12.8. The fraction of sp³-hybridized carbons (Fsp3) is 0.714. The zero-order chi connectivity index (χ0) is 23.4. The number of hydrogen-bond acceptors (Lipinski definition) is 4. The number of hydrogen-bond donors (Lipinski definition) is 0. The molecule has 0 spiro atoms. The smallest absolute Gasteiger partial charge is 0.338 e. The molecule has 0 amide bonds. The second kappa shape index (κ2) is 10.9. The van der Waals surface area contributed by atoms with Gasteiger partial charge in [-0.25, -0.2) is 9.59 Å². The molecule has 0 N–H and O–H groups in total. The number of esters is 2. The fourth-order valence-corrected chi connectivity index (χ4v) is 5.65. The maximum Gasteiger partial charge on any atom is 0.338 e. The van der Waals surface area contributed by atoms with Crippen molar-refractivity contribution in [2.24, 2.45) is 35.5 Å². The number of carbonyl (C=O) groups excluding carboxylic acids is 2. The van der Waals surface area contributed by atoms with Crippen LogP contribution in [-0.2, 0) is 9.47 Å². The van der Waals surface area contributed by atoms with Gasteiger partial charge in [-0.05, 0) is 85.5 Å². The van der Waals surface area contributed by atoms with E-state index < -0.39 is 0 Å². The van der Waals surface area contributed by atoms with Crippen LogP contribution in [0.4, 0.5) is 0 Å². The van der Waals surface area contributed by atoms with Crippen molar-refractivity contribution in [3.8, 4) is 0 Å². The van der Waals surface area contributed by atoms with Gasteiger partial charge in [0.15, 0.2) is 0 Å². The summed E-state index contributed by atoms with van der Waals surface area (Å²) in [6.07, 6.45) is 6.41. The second-order valence-corrected chi connectivity index (χ2v) is 11.1. The van der Waals surface area contributed by atoms with E-state index in [0.717, 1.165) is 25.7 Å². The standard InChI is InChI=1S/C28H42O4/c1-17(2)23-13-7-19(5)15-25(23)31-27(29)21-9-11-22(12-10-21)28(30)32-26-16-20(6)8-14-24(26)18(3)4/h9-12,17-20,23-26H,7-8,13-16H2,1-6H3/t19-,20-,23+,24+,25-,26-/m1/s1. The Morgan fingerprint density at radius 3 is 1.34 bits per heavy atom.